The smallest absolute Gasteiger partial charge is 0.236 e. The van der Waals surface area contributed by atoms with E-state index in [1.54, 1.807) is 0 Å². The summed E-state index contributed by atoms with van der Waals surface area (Å²) < 4.78 is 38.2. The summed E-state index contributed by atoms with van der Waals surface area (Å²) in [7, 11) is -3.53. The van der Waals surface area contributed by atoms with E-state index in [1.165, 1.54) is 19.3 Å². The average molecular weight is 353 g/mol. The van der Waals surface area contributed by atoms with Gasteiger partial charge in [-0.1, -0.05) is 43.0 Å². The van der Waals surface area contributed by atoms with Gasteiger partial charge in [0.1, 0.15) is 6.67 Å². The van der Waals surface area contributed by atoms with E-state index in [-0.39, 0.29) is 12.3 Å². The van der Waals surface area contributed by atoms with Gasteiger partial charge in [0.15, 0.2) is 0 Å². The summed E-state index contributed by atoms with van der Waals surface area (Å²) in [6.45, 7) is 0.135. The van der Waals surface area contributed by atoms with Crippen molar-refractivity contribution < 1.29 is 17.6 Å². The Balaban J connectivity index is 2.33. The number of hydroxylamine groups is 1. The van der Waals surface area contributed by atoms with Gasteiger partial charge in [0.05, 0.1) is 18.9 Å². The largest absolute Gasteiger partial charge is 0.330 e. The molecule has 0 amide bonds. The zero-order valence-electron chi connectivity index (χ0n) is 14.2. The van der Waals surface area contributed by atoms with Crippen LogP contribution in [-0.2, 0) is 14.9 Å². The highest BCUT2D eigenvalue weighted by Gasteiger charge is 2.24. The van der Waals surface area contributed by atoms with Gasteiger partial charge in [0, 0.05) is 0 Å². The molecular formula is C16H33FN2O3S. The van der Waals surface area contributed by atoms with Crippen LogP contribution in [0.4, 0.5) is 4.39 Å². The standard InChI is InChI=1S/C16H33FN2O3S/c17-11-13-19(22-15-16-9-5-4-6-10-16)23(20,21)14-8-3-1-2-7-12-18/h16H,1-15,18H2. The van der Waals surface area contributed by atoms with E-state index < -0.39 is 16.7 Å². The first-order chi connectivity index (χ1) is 11.1. The molecule has 1 aliphatic rings. The molecule has 1 saturated carbocycles. The first-order valence-electron chi connectivity index (χ1n) is 8.99. The fraction of sp³-hybridized carbons (Fsp3) is 1.00. The fourth-order valence-electron chi connectivity index (χ4n) is 2.96. The lowest BCUT2D eigenvalue weighted by Gasteiger charge is -2.25. The molecule has 2 N–H and O–H groups in total. The van der Waals surface area contributed by atoms with Crippen LogP contribution in [0.15, 0.2) is 0 Å². The van der Waals surface area contributed by atoms with Crippen molar-refractivity contribution in [3.63, 3.8) is 0 Å². The van der Waals surface area contributed by atoms with Crippen LogP contribution in [0, 0.1) is 5.92 Å². The molecule has 1 aliphatic carbocycles. The number of nitrogens with zero attached hydrogens (tertiary/aromatic N) is 1. The maximum Gasteiger partial charge on any atom is 0.236 e. The van der Waals surface area contributed by atoms with Crippen LogP contribution in [0.1, 0.15) is 64.2 Å². The highest BCUT2D eigenvalue weighted by Crippen LogP contribution is 2.24. The number of alkyl halides is 1. The molecule has 0 saturated heterocycles. The van der Waals surface area contributed by atoms with E-state index in [0.717, 1.165) is 43.0 Å². The molecule has 7 heteroatoms. The van der Waals surface area contributed by atoms with Gasteiger partial charge in [0.2, 0.25) is 10.0 Å². The van der Waals surface area contributed by atoms with Crippen LogP contribution < -0.4 is 5.73 Å². The first kappa shape index (κ1) is 20.8. The zero-order chi connectivity index (χ0) is 17.0. The van der Waals surface area contributed by atoms with Gasteiger partial charge in [-0.25, -0.2) is 12.8 Å². The highest BCUT2D eigenvalue weighted by molar-refractivity contribution is 7.88. The molecule has 0 radical (unpaired) electrons. The lowest BCUT2D eigenvalue weighted by molar-refractivity contribution is -0.104. The maximum atomic E-state index is 12.7. The van der Waals surface area contributed by atoms with E-state index in [4.69, 9.17) is 10.6 Å². The quantitative estimate of drug-likeness (QED) is 0.408. The Kier molecular flexibility index (Phi) is 11.0. The number of hydrogen-bond donors (Lipinski definition) is 1. The molecule has 138 valence electrons. The average Bonchev–Trinajstić information content (AvgIpc) is 2.55. The Morgan fingerprint density at radius 3 is 2.35 bits per heavy atom. The number of hydrogen-bond acceptors (Lipinski definition) is 4. The molecule has 0 atom stereocenters. The second-order valence-electron chi connectivity index (χ2n) is 6.39. The molecule has 5 nitrogen and oxygen atoms in total. The molecule has 1 rings (SSSR count). The summed E-state index contributed by atoms with van der Waals surface area (Å²) in [6, 6.07) is 0. The van der Waals surface area contributed by atoms with Crippen LogP contribution in [-0.4, -0.2) is 45.0 Å². The molecule has 0 aliphatic heterocycles. The molecule has 0 heterocycles. The third-order valence-corrected chi connectivity index (χ3v) is 6.08. The molecule has 0 aromatic heterocycles. The Morgan fingerprint density at radius 2 is 1.70 bits per heavy atom. The maximum absolute atomic E-state index is 12.7. The van der Waals surface area contributed by atoms with E-state index in [0.29, 0.717) is 25.5 Å². The minimum absolute atomic E-state index is 0.0281. The van der Waals surface area contributed by atoms with Crippen LogP contribution in [0.2, 0.25) is 0 Å². The summed E-state index contributed by atoms with van der Waals surface area (Å²) in [5.41, 5.74) is 5.43. The second-order valence-corrected chi connectivity index (χ2v) is 8.37. The topological polar surface area (TPSA) is 72.6 Å². The molecular weight excluding hydrogens is 319 g/mol. The SMILES string of the molecule is NCCCCCCCS(=O)(=O)N(CCF)OCC1CCCCC1. The Hall–Kier alpha value is -0.240. The molecule has 23 heavy (non-hydrogen) atoms. The molecule has 1 fully saturated rings. The van der Waals surface area contributed by atoms with Gasteiger partial charge < -0.3 is 5.73 Å². The van der Waals surface area contributed by atoms with E-state index in [1.807, 2.05) is 0 Å². The molecule has 0 unspecified atom stereocenters. The second kappa shape index (κ2) is 12.2. The number of halogens is 1. The van der Waals surface area contributed by atoms with Crippen LogP contribution in [0.25, 0.3) is 0 Å². The van der Waals surface area contributed by atoms with Gasteiger partial charge in [-0.3, -0.25) is 4.84 Å². The number of rotatable bonds is 13. The van der Waals surface area contributed by atoms with Gasteiger partial charge in [-0.2, -0.15) is 0 Å². The van der Waals surface area contributed by atoms with Crippen molar-refractivity contribution in [2.45, 2.75) is 64.2 Å². The third kappa shape index (κ3) is 8.98. The number of nitrogens with two attached hydrogens (primary N) is 1. The van der Waals surface area contributed by atoms with Crippen molar-refractivity contribution in [2.75, 3.05) is 32.1 Å². The lowest BCUT2D eigenvalue weighted by atomic mass is 9.90. The molecule has 0 aromatic rings. The van der Waals surface area contributed by atoms with Crippen LogP contribution in [0.3, 0.4) is 0 Å². The first-order valence-corrected chi connectivity index (χ1v) is 10.6. The van der Waals surface area contributed by atoms with Crippen molar-refractivity contribution >= 4 is 10.0 Å². The van der Waals surface area contributed by atoms with Crippen molar-refractivity contribution in [2.24, 2.45) is 11.7 Å². The van der Waals surface area contributed by atoms with E-state index >= 15 is 0 Å². The highest BCUT2D eigenvalue weighted by atomic mass is 32.2. The summed E-state index contributed by atoms with van der Waals surface area (Å²) in [5.74, 6) is 0.428. The number of unbranched alkanes of at least 4 members (excludes halogenated alkanes) is 4. The zero-order valence-corrected chi connectivity index (χ0v) is 15.0. The predicted molar refractivity (Wildman–Crippen MR) is 91.1 cm³/mol. The molecule has 0 aromatic carbocycles. The third-order valence-electron chi connectivity index (χ3n) is 4.36. The Labute approximate surface area is 140 Å². The lowest BCUT2D eigenvalue weighted by Crippen LogP contribution is -2.36. The fourth-order valence-corrected chi connectivity index (χ4v) is 4.30. The van der Waals surface area contributed by atoms with E-state index in [9.17, 15) is 12.8 Å². The normalized spacial score (nSPS) is 17.0. The Bertz CT molecular complexity index is 387. The van der Waals surface area contributed by atoms with Crippen molar-refractivity contribution in [1.29, 1.82) is 0 Å². The van der Waals surface area contributed by atoms with Crippen molar-refractivity contribution in [1.82, 2.24) is 4.47 Å². The summed E-state index contributed by atoms with van der Waals surface area (Å²) in [4.78, 5) is 5.47. The van der Waals surface area contributed by atoms with Crippen molar-refractivity contribution in [3.8, 4) is 0 Å². The monoisotopic (exact) mass is 352 g/mol. The van der Waals surface area contributed by atoms with Gasteiger partial charge >= 0.3 is 0 Å². The summed E-state index contributed by atoms with van der Waals surface area (Å²) in [6.07, 6.45) is 10.2. The van der Waals surface area contributed by atoms with Gasteiger partial charge in [0.25, 0.3) is 0 Å². The van der Waals surface area contributed by atoms with Crippen LogP contribution >= 0.6 is 0 Å². The Morgan fingerprint density at radius 1 is 1.04 bits per heavy atom. The summed E-state index contributed by atoms with van der Waals surface area (Å²) >= 11 is 0. The van der Waals surface area contributed by atoms with E-state index in [2.05, 4.69) is 0 Å². The predicted octanol–water partition coefficient (Wildman–Crippen LogP) is 3.01. The molecule has 0 bridgehead atoms. The number of sulfonamides is 1. The summed E-state index contributed by atoms with van der Waals surface area (Å²) in [5, 5.41) is 0. The van der Waals surface area contributed by atoms with Crippen molar-refractivity contribution in [3.05, 3.63) is 0 Å². The van der Waals surface area contributed by atoms with Crippen LogP contribution in [0.5, 0.6) is 0 Å². The van der Waals surface area contributed by atoms with Gasteiger partial charge in [-0.15, -0.1) is 0 Å². The minimum atomic E-state index is -3.53. The minimum Gasteiger partial charge on any atom is -0.330 e. The van der Waals surface area contributed by atoms with Gasteiger partial charge in [-0.05, 0) is 38.1 Å². The molecule has 0 spiro atoms.